The lowest BCUT2D eigenvalue weighted by atomic mass is 10.1. The maximum Gasteiger partial charge on any atom is 0.335 e. The molecule has 21 heavy (non-hydrogen) atoms. The van der Waals surface area contributed by atoms with Gasteiger partial charge in [-0.25, -0.2) is 4.79 Å². The van der Waals surface area contributed by atoms with Crippen molar-refractivity contribution in [3.63, 3.8) is 0 Å². The number of hydrogen-bond donors (Lipinski definition) is 2. The van der Waals surface area contributed by atoms with Gasteiger partial charge >= 0.3 is 11.9 Å². The Hall–Kier alpha value is -1.98. The molecule has 0 aliphatic rings. The van der Waals surface area contributed by atoms with Crippen molar-refractivity contribution in [3.8, 4) is 0 Å². The van der Waals surface area contributed by atoms with E-state index in [9.17, 15) is 9.59 Å². The molecule has 6 heteroatoms. The molecule has 2 N–H and O–H groups in total. The van der Waals surface area contributed by atoms with Gasteiger partial charge in [-0.15, -0.1) is 0 Å². The Labute approximate surface area is 130 Å². The molecule has 0 aliphatic carbocycles. The fourth-order valence-electron chi connectivity index (χ4n) is 1.79. The molecule has 0 spiro atoms. The van der Waals surface area contributed by atoms with Crippen molar-refractivity contribution in [2.75, 3.05) is 0 Å². The Kier molecular flexibility index (Phi) is 4.88. The summed E-state index contributed by atoms with van der Waals surface area (Å²) in [5, 5.41) is 18.6. The fourth-order valence-corrected chi connectivity index (χ4v) is 2.80. The summed E-state index contributed by atoms with van der Waals surface area (Å²) in [6, 6.07) is 11.9. The highest BCUT2D eigenvalue weighted by atomic mass is 35.5. The van der Waals surface area contributed by atoms with Gasteiger partial charge in [0.05, 0.1) is 12.0 Å². The molecule has 0 heterocycles. The molecule has 2 aromatic carbocycles. The minimum Gasteiger partial charge on any atom is -0.481 e. The number of aromatic carboxylic acids is 1. The topological polar surface area (TPSA) is 74.6 Å². The SMILES string of the molecule is O=C(O)Cc1cc(Sc2ccc(Cl)cc2)ccc1C(=O)O. The van der Waals surface area contributed by atoms with Gasteiger partial charge in [-0.05, 0) is 48.0 Å². The second kappa shape index (κ2) is 6.65. The Morgan fingerprint density at radius 1 is 1.00 bits per heavy atom. The molecule has 2 aromatic rings. The predicted octanol–water partition coefficient (Wildman–Crippen LogP) is 3.82. The van der Waals surface area contributed by atoms with Crippen LogP contribution in [0.4, 0.5) is 0 Å². The standard InChI is InChI=1S/C15H11ClO4S/c16-10-1-3-11(4-2-10)21-12-5-6-13(15(19)20)9(7-12)8-14(17)18/h1-7H,8H2,(H,17,18)(H,19,20). The molecule has 0 saturated heterocycles. The van der Waals surface area contributed by atoms with E-state index in [1.807, 2.05) is 12.1 Å². The summed E-state index contributed by atoms with van der Waals surface area (Å²) >= 11 is 7.23. The van der Waals surface area contributed by atoms with Gasteiger partial charge in [0.1, 0.15) is 0 Å². The summed E-state index contributed by atoms with van der Waals surface area (Å²) in [5.41, 5.74) is 0.298. The van der Waals surface area contributed by atoms with Gasteiger partial charge in [0, 0.05) is 14.8 Å². The van der Waals surface area contributed by atoms with E-state index in [1.165, 1.54) is 17.8 Å². The molecule has 0 atom stereocenters. The average molecular weight is 323 g/mol. The lowest BCUT2D eigenvalue weighted by Gasteiger charge is -2.07. The zero-order valence-electron chi connectivity index (χ0n) is 10.7. The zero-order chi connectivity index (χ0) is 15.4. The molecule has 0 amide bonds. The van der Waals surface area contributed by atoms with Crippen LogP contribution in [-0.2, 0) is 11.2 Å². The number of carboxylic acid groups (broad SMARTS) is 2. The van der Waals surface area contributed by atoms with E-state index in [-0.39, 0.29) is 17.5 Å². The van der Waals surface area contributed by atoms with Crippen LogP contribution < -0.4 is 0 Å². The first-order valence-corrected chi connectivity index (χ1v) is 7.16. The van der Waals surface area contributed by atoms with Crippen molar-refractivity contribution in [2.45, 2.75) is 16.2 Å². The molecule has 0 saturated carbocycles. The van der Waals surface area contributed by atoms with Gasteiger partial charge in [-0.1, -0.05) is 23.4 Å². The summed E-state index contributed by atoms with van der Waals surface area (Å²) in [5.74, 6) is -2.19. The van der Waals surface area contributed by atoms with Gasteiger partial charge in [-0.3, -0.25) is 4.79 Å². The molecule has 108 valence electrons. The Morgan fingerprint density at radius 3 is 2.19 bits per heavy atom. The van der Waals surface area contributed by atoms with Gasteiger partial charge in [0.15, 0.2) is 0 Å². The van der Waals surface area contributed by atoms with E-state index in [0.29, 0.717) is 5.02 Å². The van der Waals surface area contributed by atoms with E-state index in [2.05, 4.69) is 0 Å². The lowest BCUT2D eigenvalue weighted by molar-refractivity contribution is -0.136. The Bertz CT molecular complexity index is 683. The van der Waals surface area contributed by atoms with Crippen molar-refractivity contribution < 1.29 is 19.8 Å². The number of hydrogen-bond acceptors (Lipinski definition) is 3. The van der Waals surface area contributed by atoms with Crippen molar-refractivity contribution in [1.82, 2.24) is 0 Å². The van der Waals surface area contributed by atoms with E-state index in [1.54, 1.807) is 24.3 Å². The fraction of sp³-hybridized carbons (Fsp3) is 0.0667. The minimum absolute atomic E-state index is 0.0119. The van der Waals surface area contributed by atoms with Gasteiger partial charge in [0.2, 0.25) is 0 Å². The van der Waals surface area contributed by atoms with E-state index < -0.39 is 11.9 Å². The molecule has 0 radical (unpaired) electrons. The molecule has 0 aromatic heterocycles. The highest BCUT2D eigenvalue weighted by Gasteiger charge is 2.13. The summed E-state index contributed by atoms with van der Waals surface area (Å²) in [6.45, 7) is 0. The smallest absolute Gasteiger partial charge is 0.335 e. The number of rotatable bonds is 5. The first-order chi connectivity index (χ1) is 9.95. The normalized spacial score (nSPS) is 10.3. The third kappa shape index (κ3) is 4.24. The summed E-state index contributed by atoms with van der Waals surface area (Å²) in [4.78, 5) is 23.6. The number of carboxylic acids is 2. The Morgan fingerprint density at radius 2 is 1.62 bits per heavy atom. The van der Waals surface area contributed by atoms with E-state index in [4.69, 9.17) is 21.8 Å². The summed E-state index contributed by atoms with van der Waals surface area (Å²) in [6.07, 6.45) is -0.323. The monoisotopic (exact) mass is 322 g/mol. The average Bonchev–Trinajstić information content (AvgIpc) is 2.40. The number of carbonyl (C=O) groups is 2. The number of halogens is 1. The predicted molar refractivity (Wildman–Crippen MR) is 80.3 cm³/mol. The minimum atomic E-state index is -1.13. The van der Waals surface area contributed by atoms with Gasteiger partial charge in [0.25, 0.3) is 0 Å². The molecule has 0 fully saturated rings. The van der Waals surface area contributed by atoms with E-state index >= 15 is 0 Å². The molecule has 0 unspecified atom stereocenters. The highest BCUT2D eigenvalue weighted by molar-refractivity contribution is 7.99. The summed E-state index contributed by atoms with van der Waals surface area (Å²) in [7, 11) is 0. The Balaban J connectivity index is 2.30. The van der Waals surface area contributed by atoms with Crippen molar-refractivity contribution in [1.29, 1.82) is 0 Å². The van der Waals surface area contributed by atoms with Crippen LogP contribution in [0.1, 0.15) is 15.9 Å². The maximum atomic E-state index is 11.1. The van der Waals surface area contributed by atoms with Crippen LogP contribution in [0.15, 0.2) is 52.3 Å². The van der Waals surface area contributed by atoms with Gasteiger partial charge in [-0.2, -0.15) is 0 Å². The van der Waals surface area contributed by atoms with Crippen LogP contribution >= 0.6 is 23.4 Å². The third-order valence-corrected chi connectivity index (χ3v) is 3.95. The first-order valence-electron chi connectivity index (χ1n) is 5.97. The molecule has 4 nitrogen and oxygen atoms in total. The van der Waals surface area contributed by atoms with Crippen LogP contribution in [0.3, 0.4) is 0 Å². The van der Waals surface area contributed by atoms with E-state index in [0.717, 1.165) is 9.79 Å². The van der Waals surface area contributed by atoms with Crippen LogP contribution in [-0.4, -0.2) is 22.2 Å². The maximum absolute atomic E-state index is 11.1. The zero-order valence-corrected chi connectivity index (χ0v) is 12.3. The van der Waals surface area contributed by atoms with Crippen molar-refractivity contribution in [2.24, 2.45) is 0 Å². The molecule has 2 rings (SSSR count). The number of benzene rings is 2. The highest BCUT2D eigenvalue weighted by Crippen LogP contribution is 2.30. The second-order valence-electron chi connectivity index (χ2n) is 4.25. The molecular weight excluding hydrogens is 312 g/mol. The van der Waals surface area contributed by atoms with Crippen molar-refractivity contribution >= 4 is 35.3 Å². The van der Waals surface area contributed by atoms with Crippen LogP contribution in [0.2, 0.25) is 5.02 Å². The third-order valence-electron chi connectivity index (χ3n) is 2.70. The molecule has 0 aliphatic heterocycles. The molecule has 0 bridgehead atoms. The first kappa shape index (κ1) is 15.4. The van der Waals surface area contributed by atoms with Crippen LogP contribution in [0.5, 0.6) is 0 Å². The molecular formula is C15H11ClO4S. The largest absolute Gasteiger partial charge is 0.481 e. The summed E-state index contributed by atoms with van der Waals surface area (Å²) < 4.78 is 0. The van der Waals surface area contributed by atoms with Gasteiger partial charge < -0.3 is 10.2 Å². The van der Waals surface area contributed by atoms with Crippen LogP contribution in [0.25, 0.3) is 0 Å². The quantitative estimate of drug-likeness (QED) is 0.875. The number of aliphatic carboxylic acids is 1. The van der Waals surface area contributed by atoms with Crippen LogP contribution in [0, 0.1) is 0 Å². The second-order valence-corrected chi connectivity index (χ2v) is 5.83. The lowest BCUT2D eigenvalue weighted by Crippen LogP contribution is -2.07. The van der Waals surface area contributed by atoms with Crippen molar-refractivity contribution in [3.05, 3.63) is 58.6 Å².